The van der Waals surface area contributed by atoms with Crippen molar-refractivity contribution in [3.05, 3.63) is 101 Å². The maximum atomic E-state index is 13.3. The Labute approximate surface area is 217 Å². The molecule has 0 saturated carbocycles. The fraction of sp³-hybridized carbons (Fsp3) is 0.290. The van der Waals surface area contributed by atoms with Crippen LogP contribution >= 0.6 is 0 Å². The highest BCUT2D eigenvalue weighted by molar-refractivity contribution is 5.97. The van der Waals surface area contributed by atoms with Crippen LogP contribution in [0.3, 0.4) is 0 Å². The van der Waals surface area contributed by atoms with Gasteiger partial charge in [-0.25, -0.2) is 0 Å². The zero-order valence-electron chi connectivity index (χ0n) is 21.7. The van der Waals surface area contributed by atoms with Crippen molar-refractivity contribution < 1.29 is 28.5 Å². The monoisotopic (exact) mass is 500 g/mol. The number of methoxy groups -OCH3 is 2. The Morgan fingerprint density at radius 1 is 0.811 bits per heavy atom. The largest absolute Gasteiger partial charge is 0.497 e. The molecule has 0 aliphatic heterocycles. The molecule has 0 bridgehead atoms. The quantitative estimate of drug-likeness (QED) is 0.248. The molecule has 3 aromatic carbocycles. The van der Waals surface area contributed by atoms with Crippen molar-refractivity contribution in [1.82, 2.24) is 0 Å². The molecule has 0 radical (unpaired) electrons. The van der Waals surface area contributed by atoms with E-state index in [9.17, 15) is 9.59 Å². The van der Waals surface area contributed by atoms with E-state index in [1.54, 1.807) is 14.2 Å². The summed E-state index contributed by atoms with van der Waals surface area (Å²) in [5.41, 5.74) is 5.59. The van der Waals surface area contributed by atoms with E-state index in [4.69, 9.17) is 18.9 Å². The van der Waals surface area contributed by atoms with E-state index in [1.165, 1.54) is 0 Å². The topological polar surface area (TPSA) is 71.1 Å². The van der Waals surface area contributed by atoms with Crippen LogP contribution in [0.25, 0.3) is 5.57 Å². The highest BCUT2D eigenvalue weighted by Gasteiger charge is 2.36. The van der Waals surface area contributed by atoms with E-state index in [-0.39, 0.29) is 25.6 Å². The van der Waals surface area contributed by atoms with Gasteiger partial charge in [0.25, 0.3) is 0 Å². The minimum absolute atomic E-state index is 0.0622. The lowest BCUT2D eigenvalue weighted by Crippen LogP contribution is -2.28. The van der Waals surface area contributed by atoms with Crippen molar-refractivity contribution in [2.45, 2.75) is 39.4 Å². The van der Waals surface area contributed by atoms with E-state index in [2.05, 4.69) is 6.92 Å². The molecule has 0 aromatic heterocycles. The smallest absolute Gasteiger partial charge is 0.321 e. The molecule has 6 heteroatoms. The van der Waals surface area contributed by atoms with E-state index < -0.39 is 17.9 Å². The first-order valence-electron chi connectivity index (χ1n) is 12.3. The second-order valence-corrected chi connectivity index (χ2v) is 9.12. The highest BCUT2D eigenvalue weighted by atomic mass is 16.6. The number of benzene rings is 3. The van der Waals surface area contributed by atoms with E-state index in [0.717, 1.165) is 33.4 Å². The van der Waals surface area contributed by atoms with Crippen molar-refractivity contribution in [2.75, 3.05) is 14.2 Å². The first-order chi connectivity index (χ1) is 17.9. The van der Waals surface area contributed by atoms with Crippen molar-refractivity contribution in [2.24, 2.45) is 5.92 Å². The molecule has 1 aliphatic rings. The third kappa shape index (κ3) is 5.85. The number of esters is 2. The number of rotatable bonds is 10. The molecule has 6 nitrogen and oxygen atoms in total. The molecule has 192 valence electrons. The molecular weight excluding hydrogens is 468 g/mol. The summed E-state index contributed by atoms with van der Waals surface area (Å²) in [6.45, 7) is 4.27. The van der Waals surface area contributed by atoms with Crippen LogP contribution in [0.1, 0.15) is 48.4 Å². The third-order valence-corrected chi connectivity index (χ3v) is 6.88. The minimum Gasteiger partial charge on any atom is -0.497 e. The molecule has 0 spiro atoms. The molecule has 1 atom stereocenters. The predicted octanol–water partition coefficient (Wildman–Crippen LogP) is 6.09. The molecule has 1 unspecified atom stereocenters. The molecule has 1 aliphatic carbocycles. The molecule has 0 saturated heterocycles. The molecular formula is C31H32O6. The zero-order valence-corrected chi connectivity index (χ0v) is 21.7. The number of carbonyl (C=O) groups excluding carboxylic acids is 2. The van der Waals surface area contributed by atoms with Gasteiger partial charge in [-0.3, -0.25) is 9.59 Å². The van der Waals surface area contributed by atoms with Gasteiger partial charge in [-0.05, 0) is 41.7 Å². The molecule has 3 aromatic rings. The third-order valence-electron chi connectivity index (χ3n) is 6.88. The number of hydrogen-bond donors (Lipinski definition) is 0. The number of ether oxygens (including phenoxy) is 4. The van der Waals surface area contributed by atoms with Gasteiger partial charge in [0.15, 0.2) is 5.92 Å². The van der Waals surface area contributed by atoms with Crippen LogP contribution < -0.4 is 9.47 Å². The van der Waals surface area contributed by atoms with Crippen molar-refractivity contribution in [3.63, 3.8) is 0 Å². The minimum atomic E-state index is -1.12. The summed E-state index contributed by atoms with van der Waals surface area (Å²) < 4.78 is 22.3. The molecule has 37 heavy (non-hydrogen) atoms. The van der Waals surface area contributed by atoms with Crippen LogP contribution in [-0.2, 0) is 32.3 Å². The number of hydrogen-bond acceptors (Lipinski definition) is 6. The SMILES string of the molecule is COc1cc(OC)c2c(c1)C(CC(C(=O)OCc1ccccc1)C(=O)OCc1ccccc1)=C(C)C2C. The average Bonchev–Trinajstić information content (AvgIpc) is 3.18. The first-order valence-corrected chi connectivity index (χ1v) is 12.3. The Morgan fingerprint density at radius 3 is 1.84 bits per heavy atom. The van der Waals surface area contributed by atoms with Crippen LogP contribution in [0.4, 0.5) is 0 Å². The lowest BCUT2D eigenvalue weighted by molar-refractivity contribution is -0.163. The van der Waals surface area contributed by atoms with Crippen molar-refractivity contribution in [1.29, 1.82) is 0 Å². The fourth-order valence-corrected chi connectivity index (χ4v) is 4.67. The predicted molar refractivity (Wildman–Crippen MR) is 141 cm³/mol. The summed E-state index contributed by atoms with van der Waals surface area (Å²) in [7, 11) is 3.22. The Morgan fingerprint density at radius 2 is 1.35 bits per heavy atom. The van der Waals surface area contributed by atoms with Crippen LogP contribution in [-0.4, -0.2) is 26.2 Å². The second kappa shape index (κ2) is 11.8. The first kappa shape index (κ1) is 26.0. The second-order valence-electron chi connectivity index (χ2n) is 9.12. The summed E-state index contributed by atoms with van der Waals surface area (Å²) in [5, 5.41) is 0. The summed E-state index contributed by atoms with van der Waals surface area (Å²) in [6, 6.07) is 22.6. The Balaban J connectivity index is 1.62. The van der Waals surface area contributed by atoms with Crippen LogP contribution in [0.5, 0.6) is 11.5 Å². The fourth-order valence-electron chi connectivity index (χ4n) is 4.67. The molecule has 0 heterocycles. The van der Waals surface area contributed by atoms with Gasteiger partial charge < -0.3 is 18.9 Å². The van der Waals surface area contributed by atoms with E-state index in [0.29, 0.717) is 11.5 Å². The van der Waals surface area contributed by atoms with Crippen LogP contribution in [0.2, 0.25) is 0 Å². The van der Waals surface area contributed by atoms with Gasteiger partial charge in [0, 0.05) is 17.5 Å². The van der Waals surface area contributed by atoms with Crippen molar-refractivity contribution in [3.8, 4) is 11.5 Å². The van der Waals surface area contributed by atoms with Crippen molar-refractivity contribution >= 4 is 17.5 Å². The summed E-state index contributed by atoms with van der Waals surface area (Å²) in [6.07, 6.45) is 0.154. The van der Waals surface area contributed by atoms with Crippen LogP contribution in [0.15, 0.2) is 78.4 Å². The highest BCUT2D eigenvalue weighted by Crippen LogP contribution is 2.49. The number of carbonyl (C=O) groups is 2. The number of fused-ring (bicyclic) bond motifs is 1. The van der Waals surface area contributed by atoms with Gasteiger partial charge in [0.05, 0.1) is 14.2 Å². The van der Waals surface area contributed by atoms with Gasteiger partial charge >= 0.3 is 11.9 Å². The summed E-state index contributed by atoms with van der Waals surface area (Å²) >= 11 is 0. The van der Waals surface area contributed by atoms with Gasteiger partial charge in [0.1, 0.15) is 24.7 Å². The molecule has 0 fully saturated rings. The van der Waals surface area contributed by atoms with Gasteiger partial charge in [0.2, 0.25) is 0 Å². The van der Waals surface area contributed by atoms with E-state index >= 15 is 0 Å². The van der Waals surface area contributed by atoms with Gasteiger partial charge in [-0.2, -0.15) is 0 Å². The normalized spacial score (nSPS) is 14.4. The van der Waals surface area contributed by atoms with Gasteiger partial charge in [-0.15, -0.1) is 0 Å². The summed E-state index contributed by atoms with van der Waals surface area (Å²) in [5.74, 6) is -0.924. The Kier molecular flexibility index (Phi) is 8.29. The number of allylic oxidation sites excluding steroid dienone is 2. The molecule has 4 rings (SSSR count). The maximum Gasteiger partial charge on any atom is 0.321 e. The summed E-state index contributed by atoms with van der Waals surface area (Å²) in [4.78, 5) is 26.6. The Bertz CT molecular complexity index is 1220. The van der Waals surface area contributed by atoms with Gasteiger partial charge in [-0.1, -0.05) is 73.2 Å². The lowest BCUT2D eigenvalue weighted by Gasteiger charge is -2.18. The zero-order chi connectivity index (χ0) is 26.4. The maximum absolute atomic E-state index is 13.3. The Hall–Kier alpha value is -4.06. The molecule has 0 N–H and O–H groups in total. The lowest BCUT2D eigenvalue weighted by atomic mass is 9.93. The van der Waals surface area contributed by atoms with Crippen LogP contribution in [0, 0.1) is 5.92 Å². The molecule has 0 amide bonds. The van der Waals surface area contributed by atoms with E-state index in [1.807, 2.05) is 79.7 Å². The standard InChI is InChI=1S/C31H32O6/c1-20-21(2)29-26(15-24(34-3)16-28(29)35-4)25(20)17-27(30(32)36-18-22-11-7-5-8-12-22)31(33)37-19-23-13-9-6-10-14-23/h5-16,21,27H,17-19H2,1-4H3. The average molecular weight is 501 g/mol.